The molecule has 0 aliphatic rings. The molecule has 0 aromatic carbocycles. The molecule has 0 N–H and O–H groups in total. The fraction of sp³-hybridized carbons (Fsp3) is 0.300. The number of aromatic nitrogens is 3. The normalized spacial score (nSPS) is 10.5. The first kappa shape index (κ1) is 10.0. The van der Waals surface area contributed by atoms with Gasteiger partial charge in [0, 0.05) is 18.8 Å². The Morgan fingerprint density at radius 1 is 1.60 bits per heavy atom. The van der Waals surface area contributed by atoms with Crippen molar-refractivity contribution in [3.05, 3.63) is 23.6 Å². The van der Waals surface area contributed by atoms with Crippen LogP contribution in [0.3, 0.4) is 0 Å². The molecule has 0 saturated carbocycles. The van der Waals surface area contributed by atoms with Gasteiger partial charge < -0.3 is 4.57 Å². The summed E-state index contributed by atoms with van der Waals surface area (Å²) < 4.78 is 2.00. The molecular formula is C10H11N3OS. The van der Waals surface area contributed by atoms with Crippen molar-refractivity contribution >= 4 is 17.1 Å². The largest absolute Gasteiger partial charge is 0.329 e. The number of imidazole rings is 1. The second-order valence-corrected chi connectivity index (χ2v) is 4.02. The number of carbonyl (C=O) groups is 1. The zero-order valence-corrected chi connectivity index (χ0v) is 9.41. The average molecular weight is 221 g/mol. The third kappa shape index (κ3) is 1.83. The van der Waals surface area contributed by atoms with E-state index in [1.54, 1.807) is 17.9 Å². The van der Waals surface area contributed by atoms with E-state index in [0.29, 0.717) is 5.69 Å². The Labute approximate surface area is 91.6 Å². The fourth-order valence-electron chi connectivity index (χ4n) is 1.30. The SMILES string of the molecule is CCn1cncc1-c1nc(C(C)=O)cs1. The Balaban J connectivity index is 2.41. The van der Waals surface area contributed by atoms with Crippen LogP contribution in [-0.2, 0) is 6.54 Å². The molecule has 0 aliphatic carbocycles. The number of aryl methyl sites for hydroxylation is 1. The van der Waals surface area contributed by atoms with Crippen LogP contribution in [0.25, 0.3) is 10.7 Å². The fourth-order valence-corrected chi connectivity index (χ4v) is 2.19. The summed E-state index contributed by atoms with van der Waals surface area (Å²) in [6.07, 6.45) is 3.54. The van der Waals surface area contributed by atoms with Crippen molar-refractivity contribution in [1.29, 1.82) is 0 Å². The first-order chi connectivity index (χ1) is 7.22. The highest BCUT2D eigenvalue weighted by atomic mass is 32.1. The van der Waals surface area contributed by atoms with E-state index < -0.39 is 0 Å². The van der Waals surface area contributed by atoms with Gasteiger partial charge in [-0.3, -0.25) is 4.79 Å². The van der Waals surface area contributed by atoms with Crippen molar-refractivity contribution in [3.8, 4) is 10.7 Å². The van der Waals surface area contributed by atoms with Gasteiger partial charge in [-0.2, -0.15) is 0 Å². The van der Waals surface area contributed by atoms with Gasteiger partial charge in [-0.25, -0.2) is 9.97 Å². The molecule has 2 aromatic heterocycles. The van der Waals surface area contributed by atoms with Crippen molar-refractivity contribution in [2.24, 2.45) is 0 Å². The lowest BCUT2D eigenvalue weighted by Crippen LogP contribution is -1.96. The van der Waals surface area contributed by atoms with E-state index in [9.17, 15) is 4.79 Å². The van der Waals surface area contributed by atoms with Crippen molar-refractivity contribution in [2.75, 3.05) is 0 Å². The molecule has 0 atom stereocenters. The maximum absolute atomic E-state index is 11.1. The predicted molar refractivity (Wildman–Crippen MR) is 59.0 cm³/mol. The summed E-state index contributed by atoms with van der Waals surface area (Å²) in [6, 6.07) is 0. The van der Waals surface area contributed by atoms with E-state index >= 15 is 0 Å². The minimum atomic E-state index is 0.0000591. The Morgan fingerprint density at radius 3 is 3.00 bits per heavy atom. The Hall–Kier alpha value is -1.49. The van der Waals surface area contributed by atoms with Crippen LogP contribution < -0.4 is 0 Å². The molecule has 0 aliphatic heterocycles. The Bertz CT molecular complexity index is 486. The molecule has 15 heavy (non-hydrogen) atoms. The van der Waals surface area contributed by atoms with Crippen LogP contribution in [0.2, 0.25) is 0 Å². The van der Waals surface area contributed by atoms with Gasteiger partial charge in [0.1, 0.15) is 10.7 Å². The number of Topliss-reactive ketones (excluding diaryl/α,β-unsaturated/α-hetero) is 1. The second-order valence-electron chi connectivity index (χ2n) is 3.16. The molecule has 0 saturated heterocycles. The van der Waals surface area contributed by atoms with Crippen LogP contribution in [0.4, 0.5) is 0 Å². The highest BCUT2D eigenvalue weighted by molar-refractivity contribution is 7.13. The Morgan fingerprint density at radius 2 is 2.40 bits per heavy atom. The third-order valence-corrected chi connectivity index (χ3v) is 3.00. The summed E-state index contributed by atoms with van der Waals surface area (Å²) in [4.78, 5) is 19.4. The lowest BCUT2D eigenvalue weighted by atomic mass is 10.3. The average Bonchev–Trinajstić information content (AvgIpc) is 2.85. The van der Waals surface area contributed by atoms with E-state index in [1.807, 2.05) is 11.5 Å². The maximum atomic E-state index is 11.1. The molecule has 2 aromatic rings. The molecule has 0 fully saturated rings. The van der Waals surface area contributed by atoms with Gasteiger partial charge in [0.2, 0.25) is 0 Å². The van der Waals surface area contributed by atoms with Gasteiger partial charge in [-0.1, -0.05) is 0 Å². The van der Waals surface area contributed by atoms with Crippen LogP contribution in [0.1, 0.15) is 24.3 Å². The second kappa shape index (κ2) is 3.94. The van der Waals surface area contributed by atoms with Crippen LogP contribution in [0.15, 0.2) is 17.9 Å². The van der Waals surface area contributed by atoms with Gasteiger partial charge in [-0.05, 0) is 6.92 Å². The summed E-state index contributed by atoms with van der Waals surface area (Å²) in [6.45, 7) is 4.42. The molecule has 0 unspecified atom stereocenters. The lowest BCUT2D eigenvalue weighted by molar-refractivity contribution is 0.101. The molecule has 78 valence electrons. The van der Waals surface area contributed by atoms with E-state index in [2.05, 4.69) is 9.97 Å². The quantitative estimate of drug-likeness (QED) is 0.747. The highest BCUT2D eigenvalue weighted by Crippen LogP contribution is 2.23. The molecule has 0 amide bonds. The number of hydrogen-bond donors (Lipinski definition) is 0. The van der Waals surface area contributed by atoms with Crippen molar-refractivity contribution in [3.63, 3.8) is 0 Å². The number of thiazole rings is 1. The minimum Gasteiger partial charge on any atom is -0.329 e. The highest BCUT2D eigenvalue weighted by Gasteiger charge is 2.10. The summed E-state index contributed by atoms with van der Waals surface area (Å²) >= 11 is 1.47. The van der Waals surface area contributed by atoms with Crippen molar-refractivity contribution in [2.45, 2.75) is 20.4 Å². The van der Waals surface area contributed by atoms with E-state index in [4.69, 9.17) is 0 Å². The molecule has 0 bridgehead atoms. The topological polar surface area (TPSA) is 47.8 Å². The van der Waals surface area contributed by atoms with Gasteiger partial charge in [0.05, 0.1) is 18.2 Å². The van der Waals surface area contributed by atoms with Gasteiger partial charge in [-0.15, -0.1) is 11.3 Å². The summed E-state index contributed by atoms with van der Waals surface area (Å²) in [5, 5.41) is 2.63. The zero-order chi connectivity index (χ0) is 10.8. The van der Waals surface area contributed by atoms with Gasteiger partial charge in [0.25, 0.3) is 0 Å². The van der Waals surface area contributed by atoms with Crippen LogP contribution in [-0.4, -0.2) is 20.3 Å². The molecule has 0 spiro atoms. The van der Waals surface area contributed by atoms with Gasteiger partial charge >= 0.3 is 0 Å². The van der Waals surface area contributed by atoms with E-state index in [0.717, 1.165) is 17.2 Å². The summed E-state index contributed by atoms with van der Waals surface area (Å²) in [5.74, 6) is 0.0000591. The smallest absolute Gasteiger partial charge is 0.178 e. The molecule has 2 rings (SSSR count). The third-order valence-electron chi connectivity index (χ3n) is 2.14. The van der Waals surface area contributed by atoms with E-state index in [-0.39, 0.29) is 5.78 Å². The predicted octanol–water partition coefficient (Wildman–Crippen LogP) is 2.23. The molecule has 4 nitrogen and oxygen atoms in total. The molecule has 2 heterocycles. The van der Waals surface area contributed by atoms with Crippen molar-refractivity contribution < 1.29 is 4.79 Å². The molecule has 0 radical (unpaired) electrons. The molecule has 5 heteroatoms. The number of ketones is 1. The number of rotatable bonds is 3. The lowest BCUT2D eigenvalue weighted by Gasteiger charge is -2.00. The number of hydrogen-bond acceptors (Lipinski definition) is 4. The monoisotopic (exact) mass is 221 g/mol. The van der Waals surface area contributed by atoms with Crippen LogP contribution in [0.5, 0.6) is 0 Å². The Kier molecular flexibility index (Phi) is 2.64. The minimum absolute atomic E-state index is 0.0000591. The van der Waals surface area contributed by atoms with Crippen LogP contribution >= 0.6 is 11.3 Å². The van der Waals surface area contributed by atoms with Crippen LogP contribution in [0, 0.1) is 0 Å². The zero-order valence-electron chi connectivity index (χ0n) is 8.60. The first-order valence-electron chi connectivity index (χ1n) is 4.69. The maximum Gasteiger partial charge on any atom is 0.178 e. The summed E-state index contributed by atoms with van der Waals surface area (Å²) in [7, 11) is 0. The van der Waals surface area contributed by atoms with E-state index in [1.165, 1.54) is 18.3 Å². The number of carbonyl (C=O) groups excluding carboxylic acids is 1. The first-order valence-corrected chi connectivity index (χ1v) is 5.57. The molecular weight excluding hydrogens is 210 g/mol. The number of nitrogens with zero attached hydrogens (tertiary/aromatic N) is 3. The standard InChI is InChI=1S/C10H11N3OS/c1-3-13-6-11-4-9(13)10-12-8(5-15-10)7(2)14/h4-6H,3H2,1-2H3. The summed E-state index contributed by atoms with van der Waals surface area (Å²) in [5.41, 5.74) is 1.49. The van der Waals surface area contributed by atoms with Gasteiger partial charge in [0.15, 0.2) is 5.78 Å². The van der Waals surface area contributed by atoms with Crippen molar-refractivity contribution in [1.82, 2.24) is 14.5 Å².